The fraction of sp³-hybridized carbons (Fsp3) is 0. The smallest absolute Gasteiger partial charge is 0.790 e. The van der Waals surface area contributed by atoms with Crippen LogP contribution in [0.5, 0.6) is 5.75 Å². The maximum Gasteiger partial charge on any atom is 1.00 e. The van der Waals surface area contributed by atoms with Gasteiger partial charge in [-0.1, -0.05) is 12.1 Å². The number of hydrogen-bond donors (Lipinski definition) is 3. The van der Waals surface area contributed by atoms with E-state index < -0.39 is 13.8 Å². The van der Waals surface area contributed by atoms with Crippen molar-refractivity contribution in [1.29, 1.82) is 0 Å². The van der Waals surface area contributed by atoms with Crippen LogP contribution in [-0.2, 0) is 4.57 Å². The first kappa shape index (κ1) is 22.8. The van der Waals surface area contributed by atoms with Gasteiger partial charge >= 0.3 is 65.1 Å². The minimum Gasteiger partial charge on any atom is -0.790 e. The van der Waals surface area contributed by atoms with E-state index in [0.717, 1.165) is 0 Å². The Bertz CT molecular complexity index is 383. The van der Waals surface area contributed by atoms with Gasteiger partial charge in [-0.3, -0.25) is 0 Å². The van der Waals surface area contributed by atoms with Gasteiger partial charge in [-0.25, -0.2) is 4.79 Å². The minimum atomic E-state index is -5.14. The van der Waals surface area contributed by atoms with Gasteiger partial charge < -0.3 is 29.5 Å². The van der Waals surface area contributed by atoms with Gasteiger partial charge in [0.25, 0.3) is 0 Å². The van der Waals surface area contributed by atoms with Crippen LogP contribution in [0, 0.1) is 0 Å². The van der Waals surface area contributed by atoms with E-state index in [1.165, 1.54) is 12.1 Å². The Balaban J connectivity index is -0.000000247. The van der Waals surface area contributed by atoms with Crippen molar-refractivity contribution in [3.05, 3.63) is 29.8 Å². The number of rotatable bonds is 1. The molecule has 0 aliphatic carbocycles. The van der Waals surface area contributed by atoms with Crippen molar-refractivity contribution >= 4 is 13.8 Å². The van der Waals surface area contributed by atoms with Crippen LogP contribution in [0.4, 0.5) is 0 Å². The molecule has 0 spiro atoms. The SMILES string of the molecule is O=C(O)c1ccccc1O.O=P([O-])([O-])O.[Na+].[Na+]. The molecule has 0 saturated heterocycles. The Hall–Kier alpha value is 0.600. The van der Waals surface area contributed by atoms with Crippen molar-refractivity contribution in [2.75, 3.05) is 0 Å². The number of carboxylic acids is 1. The molecule has 17 heavy (non-hydrogen) atoms. The number of carboxylic acid groups (broad SMARTS) is 1. The molecule has 1 aromatic rings. The van der Waals surface area contributed by atoms with Crippen molar-refractivity contribution in [3.63, 3.8) is 0 Å². The summed E-state index contributed by atoms with van der Waals surface area (Å²) < 4.78 is 8.66. The summed E-state index contributed by atoms with van der Waals surface area (Å²) >= 11 is 0. The molecular formula is C7H7Na2O7P. The summed E-state index contributed by atoms with van der Waals surface area (Å²) in [6.45, 7) is 0. The second kappa shape index (κ2) is 10.5. The van der Waals surface area contributed by atoms with Gasteiger partial charge in [-0.15, -0.1) is 0 Å². The third-order valence-electron chi connectivity index (χ3n) is 1.13. The first-order valence-electron chi connectivity index (χ1n) is 3.48. The molecule has 0 atom stereocenters. The van der Waals surface area contributed by atoms with E-state index in [9.17, 15) is 4.79 Å². The molecule has 0 bridgehead atoms. The van der Waals surface area contributed by atoms with Gasteiger partial charge in [0, 0.05) is 0 Å². The van der Waals surface area contributed by atoms with Crippen LogP contribution >= 0.6 is 7.82 Å². The van der Waals surface area contributed by atoms with Crippen molar-refractivity contribution < 1.29 is 93.4 Å². The standard InChI is InChI=1S/C7H6O3.2Na.H3O4P/c8-6-4-2-1-3-5(6)7(9)10;;;1-5(2,3)4/h1-4,8H,(H,9,10);;;(H3,1,2,3,4)/q;2*+1;/p-2. The number of carbonyl (C=O) groups is 1. The molecule has 0 fully saturated rings. The van der Waals surface area contributed by atoms with E-state index in [0.29, 0.717) is 0 Å². The zero-order valence-electron chi connectivity index (χ0n) is 9.23. The Morgan fingerprint density at radius 3 is 1.76 bits per heavy atom. The molecule has 1 aromatic carbocycles. The van der Waals surface area contributed by atoms with Crippen LogP contribution < -0.4 is 68.9 Å². The zero-order chi connectivity index (χ0) is 12.1. The maximum atomic E-state index is 10.3. The van der Waals surface area contributed by atoms with Crippen LogP contribution in [0.3, 0.4) is 0 Å². The first-order chi connectivity index (χ1) is 6.72. The average Bonchev–Trinajstić information content (AvgIpc) is 2.01. The third kappa shape index (κ3) is 14.5. The molecule has 1 rings (SSSR count). The molecule has 0 radical (unpaired) electrons. The van der Waals surface area contributed by atoms with Crippen LogP contribution in [0.1, 0.15) is 10.4 Å². The monoisotopic (exact) mass is 280 g/mol. The van der Waals surface area contributed by atoms with Gasteiger partial charge in [-0.2, -0.15) is 0 Å². The van der Waals surface area contributed by atoms with Crippen molar-refractivity contribution in [2.24, 2.45) is 0 Å². The van der Waals surface area contributed by atoms with Crippen molar-refractivity contribution in [1.82, 2.24) is 0 Å². The van der Waals surface area contributed by atoms with E-state index >= 15 is 0 Å². The van der Waals surface area contributed by atoms with E-state index in [1.54, 1.807) is 12.1 Å². The fourth-order valence-corrected chi connectivity index (χ4v) is 0.654. The second-order valence-electron chi connectivity index (χ2n) is 2.29. The summed E-state index contributed by atoms with van der Waals surface area (Å²) in [6.07, 6.45) is 0. The normalized spacial score (nSPS) is 8.88. The number of hydrogen-bond acceptors (Lipinski definition) is 5. The summed E-state index contributed by atoms with van der Waals surface area (Å²) in [5.74, 6) is -1.31. The maximum absolute atomic E-state index is 10.3. The summed E-state index contributed by atoms with van der Waals surface area (Å²) in [5, 5.41) is 17.3. The van der Waals surface area contributed by atoms with Crippen molar-refractivity contribution in [3.8, 4) is 5.75 Å². The fourth-order valence-electron chi connectivity index (χ4n) is 0.654. The predicted octanol–water partition coefficient (Wildman–Crippen LogP) is -7.09. The Morgan fingerprint density at radius 1 is 1.18 bits per heavy atom. The summed E-state index contributed by atoms with van der Waals surface area (Å²) in [6, 6.07) is 5.81. The minimum absolute atomic E-state index is 0. The van der Waals surface area contributed by atoms with E-state index in [4.69, 9.17) is 29.5 Å². The number of phenols is 1. The number of phosphoric acid groups is 1. The largest absolute Gasteiger partial charge is 1.00 e. The molecule has 0 aromatic heterocycles. The number of aromatic carboxylic acids is 1. The van der Waals surface area contributed by atoms with Crippen LogP contribution in [-0.4, -0.2) is 21.1 Å². The quantitative estimate of drug-likeness (QED) is 0.343. The number of para-hydroxylation sites is 1. The zero-order valence-corrected chi connectivity index (χ0v) is 14.1. The molecule has 0 aliphatic heterocycles. The topological polar surface area (TPSA) is 141 Å². The molecule has 10 heteroatoms. The molecule has 84 valence electrons. The predicted molar refractivity (Wildman–Crippen MR) is 44.9 cm³/mol. The Kier molecular flexibility index (Phi) is 14.1. The van der Waals surface area contributed by atoms with Crippen molar-refractivity contribution in [2.45, 2.75) is 0 Å². The summed E-state index contributed by atoms with van der Waals surface area (Å²) in [7, 11) is -5.14. The van der Waals surface area contributed by atoms with Gasteiger partial charge in [0.05, 0.1) is 7.82 Å². The summed E-state index contributed by atoms with van der Waals surface area (Å²) in [4.78, 5) is 34.5. The van der Waals surface area contributed by atoms with Gasteiger partial charge in [0.15, 0.2) is 0 Å². The molecule has 3 N–H and O–H groups in total. The second-order valence-corrected chi connectivity index (χ2v) is 3.23. The molecular weight excluding hydrogens is 273 g/mol. The van der Waals surface area contributed by atoms with Gasteiger partial charge in [0.1, 0.15) is 11.3 Å². The summed E-state index contributed by atoms with van der Waals surface area (Å²) in [5.41, 5.74) is -0.0671. The molecule has 0 amide bonds. The van der Waals surface area contributed by atoms with E-state index in [2.05, 4.69) is 0 Å². The van der Waals surface area contributed by atoms with Crippen LogP contribution in [0.25, 0.3) is 0 Å². The van der Waals surface area contributed by atoms with E-state index in [-0.39, 0.29) is 70.4 Å². The average molecular weight is 280 g/mol. The molecule has 0 unspecified atom stereocenters. The third-order valence-corrected chi connectivity index (χ3v) is 1.13. The van der Waals surface area contributed by atoms with Gasteiger partial charge in [-0.05, 0) is 12.1 Å². The van der Waals surface area contributed by atoms with E-state index in [1.807, 2.05) is 0 Å². The van der Waals surface area contributed by atoms with Crippen LogP contribution in [0.15, 0.2) is 24.3 Å². The number of aromatic hydroxyl groups is 1. The Morgan fingerprint density at radius 2 is 1.53 bits per heavy atom. The molecule has 0 aliphatic rings. The Labute approximate surface area is 141 Å². The molecule has 0 saturated carbocycles. The van der Waals surface area contributed by atoms with Gasteiger partial charge in [0.2, 0.25) is 0 Å². The molecule has 0 heterocycles. The molecule has 7 nitrogen and oxygen atoms in total. The van der Waals surface area contributed by atoms with Crippen LogP contribution in [0.2, 0.25) is 0 Å². The number of benzene rings is 1. The first-order valence-corrected chi connectivity index (χ1v) is 4.97.